The number of nitrogens with one attached hydrogen (secondary N) is 1. The van der Waals surface area contributed by atoms with Crippen molar-refractivity contribution >= 4 is 5.84 Å². The summed E-state index contributed by atoms with van der Waals surface area (Å²) in [6, 6.07) is 0. The zero-order valence-corrected chi connectivity index (χ0v) is 4.76. The largest absolute Gasteiger partial charge is 0.386 e. The van der Waals surface area contributed by atoms with Gasteiger partial charge in [0.15, 0.2) is 0 Å². The third-order valence-electron chi connectivity index (χ3n) is 0.450. The van der Waals surface area contributed by atoms with E-state index in [1.165, 1.54) is 6.92 Å². The second-order valence-corrected chi connectivity index (χ2v) is 1.13. The van der Waals surface area contributed by atoms with E-state index in [2.05, 4.69) is 11.7 Å². The summed E-state index contributed by atoms with van der Waals surface area (Å²) in [5.74, 6) is 7.81. The highest BCUT2D eigenvalue weighted by Gasteiger charge is 1.93. The zero-order valence-electron chi connectivity index (χ0n) is 4.76. The van der Waals surface area contributed by atoms with Crippen LogP contribution in [0.3, 0.4) is 0 Å². The van der Waals surface area contributed by atoms with Crippen LogP contribution in [-0.2, 0) is 0 Å². The minimum Gasteiger partial charge on any atom is -0.386 e. The summed E-state index contributed by atoms with van der Waals surface area (Å²) >= 11 is 0. The number of aliphatic hydroxyl groups is 1. The summed E-state index contributed by atoms with van der Waals surface area (Å²) < 4.78 is 0. The minimum atomic E-state index is -0.787. The lowest BCUT2D eigenvalue weighted by Crippen LogP contribution is -2.23. The quantitative estimate of drug-likeness (QED) is 0.120. The number of rotatable bonds is 1. The first-order valence-corrected chi connectivity index (χ1v) is 2.00. The van der Waals surface area contributed by atoms with Gasteiger partial charge in [-0.25, -0.2) is 0 Å². The van der Waals surface area contributed by atoms with Crippen molar-refractivity contribution in [1.82, 2.24) is 0 Å². The molecule has 8 N–H and O–H groups in total. The molecule has 5 nitrogen and oxygen atoms in total. The molecule has 0 spiro atoms. The molecule has 0 aromatic rings. The Hall–Kier alpha value is -0.650. The van der Waals surface area contributed by atoms with Gasteiger partial charge in [0.25, 0.3) is 0 Å². The van der Waals surface area contributed by atoms with E-state index in [9.17, 15) is 0 Å². The molecule has 0 saturated heterocycles. The highest BCUT2D eigenvalue weighted by molar-refractivity contribution is 5.80. The highest BCUT2D eigenvalue weighted by Crippen LogP contribution is 1.71. The van der Waals surface area contributed by atoms with Gasteiger partial charge in [0.1, 0.15) is 11.9 Å². The van der Waals surface area contributed by atoms with E-state index >= 15 is 0 Å². The van der Waals surface area contributed by atoms with Crippen LogP contribution in [0.4, 0.5) is 0 Å². The van der Waals surface area contributed by atoms with Crippen molar-refractivity contribution in [3.05, 3.63) is 0 Å². The van der Waals surface area contributed by atoms with Crippen molar-refractivity contribution < 1.29 is 5.11 Å². The van der Waals surface area contributed by atoms with E-state index in [4.69, 9.17) is 16.2 Å². The molecule has 0 aliphatic heterocycles. The molecule has 0 aliphatic carbocycles. The van der Waals surface area contributed by atoms with Gasteiger partial charge in [0.2, 0.25) is 0 Å². The summed E-state index contributed by atoms with van der Waals surface area (Å²) in [6.07, 6.45) is -0.787. The first-order chi connectivity index (χ1) is 3.64. The van der Waals surface area contributed by atoms with Crippen LogP contribution >= 0.6 is 0 Å². The Kier molecular flexibility index (Phi) is 8.22. The fraction of sp³-hybridized carbons (Fsp3) is 0.667. The summed E-state index contributed by atoms with van der Waals surface area (Å²) in [4.78, 5) is 0. The Morgan fingerprint density at radius 2 is 1.75 bits per heavy atom. The third-order valence-corrected chi connectivity index (χ3v) is 0.450. The van der Waals surface area contributed by atoms with E-state index in [0.717, 1.165) is 0 Å². The maximum Gasteiger partial charge on any atom is 0.120 e. The molecule has 5 heteroatoms. The van der Waals surface area contributed by atoms with Crippen LogP contribution in [0.25, 0.3) is 0 Å². The summed E-state index contributed by atoms with van der Waals surface area (Å²) in [7, 11) is 0. The van der Waals surface area contributed by atoms with Crippen molar-refractivity contribution in [3.63, 3.8) is 0 Å². The molecule has 0 radical (unpaired) electrons. The van der Waals surface area contributed by atoms with Crippen LogP contribution in [0, 0.1) is 5.41 Å². The Labute approximate surface area is 47.9 Å². The lowest BCUT2D eigenvalue weighted by molar-refractivity contribution is 0.260. The topological polar surface area (TPSA) is 122 Å². The molecule has 8 heavy (non-hydrogen) atoms. The Morgan fingerprint density at radius 1 is 1.62 bits per heavy atom. The molecule has 0 aromatic heterocycles. The monoisotopic (exact) mass is 120 g/mol. The molecule has 0 aromatic carbocycles. The van der Waals surface area contributed by atoms with E-state index in [0.29, 0.717) is 0 Å². The number of hydrazine groups is 1. The molecule has 50 valence electrons. The smallest absolute Gasteiger partial charge is 0.120 e. The van der Waals surface area contributed by atoms with E-state index in [1.807, 2.05) is 0 Å². The van der Waals surface area contributed by atoms with Crippen molar-refractivity contribution in [3.8, 4) is 0 Å². The summed E-state index contributed by atoms with van der Waals surface area (Å²) in [5, 5.41) is 14.8. The standard InChI is InChI=1S/C3H8N2O.H4N2/c1-2(6)3(4)5;1-2/h2,6H,1H3,(H3,4,5);1-2H2. The molecular weight excluding hydrogens is 108 g/mol. The van der Waals surface area contributed by atoms with Crippen molar-refractivity contribution in [1.29, 1.82) is 5.41 Å². The fourth-order valence-electron chi connectivity index (χ4n) is 0. The van der Waals surface area contributed by atoms with Crippen molar-refractivity contribution in [2.45, 2.75) is 13.0 Å². The number of aliphatic hydroxyl groups excluding tert-OH is 1. The molecule has 1 unspecified atom stereocenters. The SMILES string of the molecule is CC(O)C(=N)N.NN. The average molecular weight is 120 g/mol. The first kappa shape index (κ1) is 10.4. The number of hydrogen-bond donors (Lipinski definition) is 5. The van der Waals surface area contributed by atoms with Crippen molar-refractivity contribution in [2.24, 2.45) is 17.4 Å². The Balaban J connectivity index is 0. The molecule has 0 amide bonds. The average Bonchev–Trinajstić information content (AvgIpc) is 1.72. The number of hydrogen-bond acceptors (Lipinski definition) is 4. The van der Waals surface area contributed by atoms with Crippen LogP contribution < -0.4 is 17.4 Å². The van der Waals surface area contributed by atoms with Crippen LogP contribution in [0.2, 0.25) is 0 Å². The van der Waals surface area contributed by atoms with Gasteiger partial charge in [-0.3, -0.25) is 17.1 Å². The number of nitrogens with two attached hydrogens (primary N) is 3. The van der Waals surface area contributed by atoms with Crippen LogP contribution in [0.15, 0.2) is 0 Å². The zero-order chi connectivity index (χ0) is 7.15. The van der Waals surface area contributed by atoms with Gasteiger partial charge in [-0.15, -0.1) is 0 Å². The first-order valence-electron chi connectivity index (χ1n) is 2.00. The Bertz CT molecular complexity index is 62.3. The van der Waals surface area contributed by atoms with Crippen LogP contribution in [-0.4, -0.2) is 17.0 Å². The molecule has 0 rings (SSSR count). The lowest BCUT2D eigenvalue weighted by Gasteiger charge is -1.94. The summed E-state index contributed by atoms with van der Waals surface area (Å²) in [5.41, 5.74) is 4.77. The maximum atomic E-state index is 8.28. The predicted octanol–water partition coefficient (Wildman–Crippen LogP) is -1.88. The van der Waals surface area contributed by atoms with Crippen LogP contribution in [0.5, 0.6) is 0 Å². The van der Waals surface area contributed by atoms with Gasteiger partial charge in [-0.2, -0.15) is 0 Å². The fourth-order valence-corrected chi connectivity index (χ4v) is 0. The van der Waals surface area contributed by atoms with Crippen LogP contribution in [0.1, 0.15) is 6.92 Å². The van der Waals surface area contributed by atoms with Crippen molar-refractivity contribution in [2.75, 3.05) is 0 Å². The van der Waals surface area contributed by atoms with Gasteiger partial charge < -0.3 is 10.8 Å². The predicted molar refractivity (Wildman–Crippen MR) is 32.0 cm³/mol. The lowest BCUT2D eigenvalue weighted by atomic mass is 10.4. The van der Waals surface area contributed by atoms with Gasteiger partial charge in [0, 0.05) is 0 Å². The molecular formula is C3H12N4O. The van der Waals surface area contributed by atoms with Gasteiger partial charge in [0.05, 0.1) is 0 Å². The molecule has 1 atom stereocenters. The van der Waals surface area contributed by atoms with E-state index in [-0.39, 0.29) is 5.84 Å². The summed E-state index contributed by atoms with van der Waals surface area (Å²) in [6.45, 7) is 1.45. The van der Waals surface area contributed by atoms with Gasteiger partial charge in [-0.1, -0.05) is 0 Å². The third kappa shape index (κ3) is 9.02. The highest BCUT2D eigenvalue weighted by atomic mass is 16.3. The molecule has 0 aliphatic rings. The molecule has 0 bridgehead atoms. The minimum absolute atomic E-state index is 0.185. The molecule has 0 fully saturated rings. The molecule has 0 saturated carbocycles. The van der Waals surface area contributed by atoms with E-state index in [1.54, 1.807) is 0 Å². The Morgan fingerprint density at radius 3 is 1.75 bits per heavy atom. The van der Waals surface area contributed by atoms with Gasteiger partial charge in [-0.05, 0) is 6.92 Å². The normalized spacial score (nSPS) is 11.0. The second kappa shape index (κ2) is 6.35. The molecule has 0 heterocycles. The second-order valence-electron chi connectivity index (χ2n) is 1.13. The number of amidine groups is 1. The maximum absolute atomic E-state index is 8.28. The van der Waals surface area contributed by atoms with Gasteiger partial charge >= 0.3 is 0 Å². The van der Waals surface area contributed by atoms with E-state index < -0.39 is 6.10 Å².